The molecule has 0 radical (unpaired) electrons. The lowest BCUT2D eigenvalue weighted by Gasteiger charge is -2.47. The standard InChI is InChI=1S/C17H24N2O2/c1-5-21-16-12-6-7-13-10(2)14(20)8-9-17(13,4)15(12)18-11(3)19-16/h10,13H,5-9H2,1-4H3/t10-,13-,17-/m0/s1. The first-order valence-electron chi connectivity index (χ1n) is 8.01. The molecule has 0 bridgehead atoms. The fourth-order valence-electron chi connectivity index (χ4n) is 4.26. The second-order valence-electron chi connectivity index (χ2n) is 6.65. The van der Waals surface area contributed by atoms with Crippen LogP contribution in [0.15, 0.2) is 0 Å². The molecule has 0 spiro atoms. The van der Waals surface area contributed by atoms with Gasteiger partial charge in [0.05, 0.1) is 12.3 Å². The number of aryl methyl sites for hydroxylation is 1. The summed E-state index contributed by atoms with van der Waals surface area (Å²) in [5.41, 5.74) is 2.29. The van der Waals surface area contributed by atoms with Gasteiger partial charge in [-0.3, -0.25) is 4.79 Å². The number of fused-ring (bicyclic) bond motifs is 3. The molecule has 0 aromatic carbocycles. The van der Waals surface area contributed by atoms with Crippen molar-refractivity contribution < 1.29 is 9.53 Å². The molecule has 0 unspecified atom stereocenters. The Balaban J connectivity index is 2.11. The van der Waals surface area contributed by atoms with Crippen LogP contribution in [0.2, 0.25) is 0 Å². The Hall–Kier alpha value is -1.45. The van der Waals surface area contributed by atoms with E-state index in [4.69, 9.17) is 9.72 Å². The van der Waals surface area contributed by atoms with E-state index in [9.17, 15) is 4.79 Å². The number of hydrogen-bond acceptors (Lipinski definition) is 4. The number of nitrogens with zero attached hydrogens (tertiary/aromatic N) is 2. The predicted molar refractivity (Wildman–Crippen MR) is 80.5 cm³/mol. The van der Waals surface area contributed by atoms with Crippen molar-refractivity contribution in [2.45, 2.75) is 58.8 Å². The van der Waals surface area contributed by atoms with Gasteiger partial charge in [-0.15, -0.1) is 0 Å². The van der Waals surface area contributed by atoms with Crippen LogP contribution in [0.25, 0.3) is 0 Å². The van der Waals surface area contributed by atoms with E-state index in [0.717, 1.165) is 36.7 Å². The van der Waals surface area contributed by atoms with Crippen LogP contribution in [0.3, 0.4) is 0 Å². The summed E-state index contributed by atoms with van der Waals surface area (Å²) >= 11 is 0. The minimum absolute atomic E-state index is 0.0134. The van der Waals surface area contributed by atoms with E-state index in [1.54, 1.807) is 0 Å². The maximum atomic E-state index is 12.1. The van der Waals surface area contributed by atoms with Crippen molar-refractivity contribution >= 4 is 5.78 Å². The summed E-state index contributed by atoms with van der Waals surface area (Å²) in [6.07, 6.45) is 3.52. The molecule has 3 rings (SSSR count). The highest BCUT2D eigenvalue weighted by atomic mass is 16.5. The zero-order chi connectivity index (χ0) is 15.2. The van der Waals surface area contributed by atoms with E-state index in [1.807, 2.05) is 13.8 Å². The van der Waals surface area contributed by atoms with E-state index in [2.05, 4.69) is 18.8 Å². The lowest BCUT2D eigenvalue weighted by Crippen LogP contribution is -2.47. The lowest BCUT2D eigenvalue weighted by atomic mass is 9.56. The van der Waals surface area contributed by atoms with Gasteiger partial charge in [0.1, 0.15) is 11.6 Å². The largest absolute Gasteiger partial charge is 0.478 e. The molecule has 0 aliphatic heterocycles. The fraction of sp³-hybridized carbons (Fsp3) is 0.706. The Bertz CT molecular complexity index is 584. The molecule has 1 fully saturated rings. The van der Waals surface area contributed by atoms with Gasteiger partial charge >= 0.3 is 0 Å². The summed E-state index contributed by atoms with van der Waals surface area (Å²) in [6, 6.07) is 0. The number of Topliss-reactive ketones (excluding diaryl/α,β-unsaturated/α-hetero) is 1. The number of aromatic nitrogens is 2. The average Bonchev–Trinajstić information content (AvgIpc) is 2.44. The molecular weight excluding hydrogens is 264 g/mol. The summed E-state index contributed by atoms with van der Waals surface area (Å²) in [6.45, 7) is 8.90. The Morgan fingerprint density at radius 3 is 2.81 bits per heavy atom. The molecule has 114 valence electrons. The molecule has 0 saturated heterocycles. The Kier molecular flexibility index (Phi) is 3.50. The third kappa shape index (κ3) is 2.16. The van der Waals surface area contributed by atoms with Crippen molar-refractivity contribution in [3.05, 3.63) is 17.1 Å². The van der Waals surface area contributed by atoms with Crippen LogP contribution in [0.4, 0.5) is 0 Å². The number of carbonyl (C=O) groups is 1. The van der Waals surface area contributed by atoms with Crippen LogP contribution in [0.5, 0.6) is 5.88 Å². The highest BCUT2D eigenvalue weighted by molar-refractivity contribution is 5.82. The Morgan fingerprint density at radius 2 is 2.10 bits per heavy atom. The number of carbonyl (C=O) groups excluding carboxylic acids is 1. The van der Waals surface area contributed by atoms with Gasteiger partial charge in [-0.25, -0.2) is 4.98 Å². The molecule has 4 nitrogen and oxygen atoms in total. The summed E-state index contributed by atoms with van der Waals surface area (Å²) in [5, 5.41) is 0. The summed E-state index contributed by atoms with van der Waals surface area (Å²) in [4.78, 5) is 21.3. The van der Waals surface area contributed by atoms with Crippen LogP contribution >= 0.6 is 0 Å². The molecule has 1 heterocycles. The first kappa shape index (κ1) is 14.5. The number of rotatable bonds is 2. The second-order valence-corrected chi connectivity index (χ2v) is 6.65. The number of hydrogen-bond donors (Lipinski definition) is 0. The minimum atomic E-state index is -0.0134. The van der Waals surface area contributed by atoms with Crippen LogP contribution in [0, 0.1) is 18.8 Å². The highest BCUT2D eigenvalue weighted by Gasteiger charge is 2.49. The maximum absolute atomic E-state index is 12.1. The molecule has 1 aromatic heterocycles. The number of ether oxygens (including phenoxy) is 1. The molecular formula is C17H24N2O2. The van der Waals surface area contributed by atoms with Gasteiger partial charge in [0.2, 0.25) is 5.88 Å². The quantitative estimate of drug-likeness (QED) is 0.839. The zero-order valence-corrected chi connectivity index (χ0v) is 13.4. The van der Waals surface area contributed by atoms with Gasteiger partial charge in [-0.1, -0.05) is 13.8 Å². The van der Waals surface area contributed by atoms with E-state index in [1.165, 1.54) is 5.56 Å². The van der Waals surface area contributed by atoms with Gasteiger partial charge < -0.3 is 4.74 Å². The van der Waals surface area contributed by atoms with Gasteiger partial charge in [-0.05, 0) is 39.0 Å². The van der Waals surface area contributed by atoms with Gasteiger partial charge in [0.25, 0.3) is 0 Å². The minimum Gasteiger partial charge on any atom is -0.478 e. The third-order valence-corrected chi connectivity index (χ3v) is 5.43. The fourth-order valence-corrected chi connectivity index (χ4v) is 4.26. The van der Waals surface area contributed by atoms with Crippen LogP contribution in [-0.2, 0) is 16.6 Å². The molecule has 0 N–H and O–H groups in total. The highest BCUT2D eigenvalue weighted by Crippen LogP contribution is 2.51. The van der Waals surface area contributed by atoms with Crippen molar-refractivity contribution in [2.75, 3.05) is 6.61 Å². The van der Waals surface area contributed by atoms with E-state index < -0.39 is 0 Å². The number of ketones is 1. The summed E-state index contributed by atoms with van der Waals surface area (Å²) in [7, 11) is 0. The average molecular weight is 288 g/mol. The normalized spacial score (nSPS) is 31.5. The molecule has 2 aliphatic carbocycles. The van der Waals surface area contributed by atoms with Gasteiger partial charge in [-0.2, -0.15) is 4.98 Å². The molecule has 1 aromatic rings. The van der Waals surface area contributed by atoms with Gasteiger partial charge in [0, 0.05) is 23.3 Å². The van der Waals surface area contributed by atoms with E-state index in [-0.39, 0.29) is 11.3 Å². The summed E-state index contributed by atoms with van der Waals surface area (Å²) in [5.74, 6) is 2.47. The van der Waals surface area contributed by atoms with E-state index >= 15 is 0 Å². The maximum Gasteiger partial charge on any atom is 0.220 e. The van der Waals surface area contributed by atoms with E-state index in [0.29, 0.717) is 24.7 Å². The molecule has 2 aliphatic rings. The monoisotopic (exact) mass is 288 g/mol. The molecule has 1 saturated carbocycles. The van der Waals surface area contributed by atoms with Crippen molar-refractivity contribution in [3.8, 4) is 5.88 Å². The van der Waals surface area contributed by atoms with Crippen molar-refractivity contribution in [2.24, 2.45) is 11.8 Å². The lowest BCUT2D eigenvalue weighted by molar-refractivity contribution is -0.128. The van der Waals surface area contributed by atoms with Gasteiger partial charge in [0.15, 0.2) is 0 Å². The zero-order valence-electron chi connectivity index (χ0n) is 13.4. The topological polar surface area (TPSA) is 52.1 Å². The Morgan fingerprint density at radius 1 is 1.33 bits per heavy atom. The van der Waals surface area contributed by atoms with Crippen LogP contribution in [0.1, 0.15) is 57.1 Å². The molecule has 0 amide bonds. The first-order valence-corrected chi connectivity index (χ1v) is 8.01. The third-order valence-electron chi connectivity index (χ3n) is 5.43. The molecule has 21 heavy (non-hydrogen) atoms. The summed E-state index contributed by atoms with van der Waals surface area (Å²) < 4.78 is 5.74. The Labute approximate surface area is 126 Å². The predicted octanol–water partition coefficient (Wildman–Crippen LogP) is 3.00. The molecule has 4 heteroatoms. The van der Waals surface area contributed by atoms with Crippen molar-refractivity contribution in [1.29, 1.82) is 0 Å². The smallest absolute Gasteiger partial charge is 0.220 e. The van der Waals surface area contributed by atoms with Crippen LogP contribution in [-0.4, -0.2) is 22.4 Å². The first-order chi connectivity index (χ1) is 9.97. The van der Waals surface area contributed by atoms with Crippen LogP contribution < -0.4 is 4.74 Å². The second kappa shape index (κ2) is 5.08. The molecule has 3 atom stereocenters. The SMILES string of the molecule is CCOc1nc(C)nc2c1CC[C@H]1[C@H](C)C(=O)CC[C@]21C. The van der Waals surface area contributed by atoms with Crippen molar-refractivity contribution in [3.63, 3.8) is 0 Å². The van der Waals surface area contributed by atoms with Crippen molar-refractivity contribution in [1.82, 2.24) is 9.97 Å².